The number of ether oxygens (including phenoxy) is 2. The van der Waals surface area contributed by atoms with Gasteiger partial charge in [-0.3, -0.25) is 14.4 Å². The molecule has 4 rings (SSSR count). The van der Waals surface area contributed by atoms with Crippen molar-refractivity contribution >= 4 is 23.5 Å². The molecule has 1 unspecified atom stereocenters. The summed E-state index contributed by atoms with van der Waals surface area (Å²) in [7, 11) is 0. The molecule has 33 heavy (non-hydrogen) atoms. The molecule has 7 nitrogen and oxygen atoms in total. The first-order valence-corrected chi connectivity index (χ1v) is 11.2. The van der Waals surface area contributed by atoms with Gasteiger partial charge in [0.15, 0.2) is 6.61 Å². The molecule has 0 bridgehead atoms. The Hall–Kier alpha value is -3.42. The summed E-state index contributed by atoms with van der Waals surface area (Å²) in [6.07, 6.45) is 1.68. The van der Waals surface area contributed by atoms with E-state index in [-0.39, 0.29) is 48.5 Å². The van der Waals surface area contributed by atoms with Gasteiger partial charge in [-0.1, -0.05) is 12.1 Å². The van der Waals surface area contributed by atoms with Crippen LogP contribution in [0.4, 0.5) is 10.1 Å². The maximum Gasteiger partial charge on any atom is 0.306 e. The fourth-order valence-corrected chi connectivity index (χ4v) is 4.56. The molecule has 2 aliphatic heterocycles. The monoisotopic (exact) mass is 454 g/mol. The fraction of sp³-hybridized carbons (Fsp3) is 0.400. The van der Waals surface area contributed by atoms with Crippen LogP contribution in [0.1, 0.15) is 48.0 Å². The molecule has 1 fully saturated rings. The number of hydrogen-bond donors (Lipinski definition) is 1. The fourth-order valence-electron chi connectivity index (χ4n) is 4.56. The number of fused-ring (bicyclic) bond motifs is 1. The normalized spacial score (nSPS) is 16.9. The summed E-state index contributed by atoms with van der Waals surface area (Å²) in [5, 5.41) is 2.72. The van der Waals surface area contributed by atoms with Gasteiger partial charge in [0, 0.05) is 18.7 Å². The summed E-state index contributed by atoms with van der Waals surface area (Å²) < 4.78 is 24.0. The van der Waals surface area contributed by atoms with Crippen LogP contribution in [0.5, 0.6) is 5.75 Å². The lowest BCUT2D eigenvalue weighted by molar-refractivity contribution is -0.144. The largest absolute Gasteiger partial charge is 0.482 e. The summed E-state index contributed by atoms with van der Waals surface area (Å²) in [6, 6.07) is 11.3. The number of nitrogens with one attached hydrogen (secondary N) is 1. The number of carbonyl (C=O) groups is 3. The highest BCUT2D eigenvalue weighted by Gasteiger charge is 2.32. The van der Waals surface area contributed by atoms with E-state index in [0.29, 0.717) is 36.7 Å². The molecule has 2 aliphatic rings. The molecule has 0 radical (unpaired) electrons. The first-order valence-electron chi connectivity index (χ1n) is 11.2. The predicted octanol–water partition coefficient (Wildman–Crippen LogP) is 3.75. The molecule has 174 valence electrons. The van der Waals surface area contributed by atoms with E-state index in [4.69, 9.17) is 9.47 Å². The molecule has 2 heterocycles. The maximum absolute atomic E-state index is 13.4. The first-order chi connectivity index (χ1) is 15.9. The molecule has 8 heteroatoms. The molecule has 2 aromatic rings. The van der Waals surface area contributed by atoms with Gasteiger partial charge in [0.25, 0.3) is 11.8 Å². The third-order valence-corrected chi connectivity index (χ3v) is 6.25. The Morgan fingerprint density at radius 2 is 1.91 bits per heavy atom. The number of likely N-dealkylation sites (tertiary alicyclic amines) is 1. The van der Waals surface area contributed by atoms with E-state index in [1.54, 1.807) is 42.2 Å². The van der Waals surface area contributed by atoms with Crippen LogP contribution in [0, 0.1) is 11.7 Å². The smallest absolute Gasteiger partial charge is 0.306 e. The van der Waals surface area contributed by atoms with Gasteiger partial charge in [-0.25, -0.2) is 4.39 Å². The quantitative estimate of drug-likeness (QED) is 0.672. The molecule has 1 N–H and O–H groups in total. The Kier molecular flexibility index (Phi) is 6.91. The van der Waals surface area contributed by atoms with Gasteiger partial charge in [-0.05, 0) is 67.5 Å². The van der Waals surface area contributed by atoms with Crippen LogP contribution in [-0.4, -0.2) is 49.0 Å². The number of nitrogens with zero attached hydrogens (tertiary/aromatic N) is 1. The number of anilines is 1. The first kappa shape index (κ1) is 22.8. The highest BCUT2D eigenvalue weighted by molar-refractivity contribution is 5.99. The van der Waals surface area contributed by atoms with Crippen molar-refractivity contribution in [1.29, 1.82) is 0 Å². The van der Waals surface area contributed by atoms with Crippen molar-refractivity contribution in [1.82, 2.24) is 4.90 Å². The average Bonchev–Trinajstić information content (AvgIpc) is 2.83. The van der Waals surface area contributed by atoms with Crippen LogP contribution in [0.15, 0.2) is 42.5 Å². The Bertz CT molecular complexity index is 1030. The zero-order valence-corrected chi connectivity index (χ0v) is 18.5. The predicted molar refractivity (Wildman–Crippen MR) is 120 cm³/mol. The standard InChI is InChI=1S/C25H27FN2O5/c1-2-32-24(30)14-20(16-3-6-19(26)7-4-16)17-9-11-28(12-10-17)25(31)18-5-8-21-22(13-18)33-15-23(29)27-21/h3-8,13,17,20H,2,9-12,14-15H2,1H3,(H,27,29). The van der Waals surface area contributed by atoms with Crippen LogP contribution < -0.4 is 10.1 Å². The lowest BCUT2D eigenvalue weighted by Crippen LogP contribution is -2.40. The molecule has 0 aromatic heterocycles. The van der Waals surface area contributed by atoms with Crippen LogP contribution in [-0.2, 0) is 14.3 Å². The van der Waals surface area contributed by atoms with E-state index in [2.05, 4.69) is 5.32 Å². The summed E-state index contributed by atoms with van der Waals surface area (Å²) in [5.74, 6) is -0.341. The van der Waals surface area contributed by atoms with E-state index in [0.717, 1.165) is 18.4 Å². The van der Waals surface area contributed by atoms with Crippen LogP contribution in [0.25, 0.3) is 0 Å². The number of carbonyl (C=O) groups excluding carboxylic acids is 3. The third-order valence-electron chi connectivity index (χ3n) is 6.25. The van der Waals surface area contributed by atoms with E-state index in [1.165, 1.54) is 12.1 Å². The number of hydrogen-bond acceptors (Lipinski definition) is 5. The highest BCUT2D eigenvalue weighted by Crippen LogP contribution is 2.36. The molecule has 0 spiro atoms. The van der Waals surface area contributed by atoms with Gasteiger partial charge in [-0.15, -0.1) is 0 Å². The summed E-state index contributed by atoms with van der Waals surface area (Å²) in [4.78, 5) is 38.5. The van der Waals surface area contributed by atoms with Gasteiger partial charge < -0.3 is 19.7 Å². The maximum atomic E-state index is 13.4. The molecule has 2 aromatic carbocycles. The van der Waals surface area contributed by atoms with Gasteiger partial charge in [0.05, 0.1) is 18.7 Å². The Morgan fingerprint density at radius 3 is 2.61 bits per heavy atom. The van der Waals surface area contributed by atoms with Crippen molar-refractivity contribution in [3.8, 4) is 5.75 Å². The minimum Gasteiger partial charge on any atom is -0.482 e. The van der Waals surface area contributed by atoms with Crippen molar-refractivity contribution in [2.24, 2.45) is 5.92 Å². The minimum absolute atomic E-state index is 0.0682. The lowest BCUT2D eigenvalue weighted by atomic mass is 9.78. The van der Waals surface area contributed by atoms with Crippen LogP contribution in [0.3, 0.4) is 0 Å². The zero-order valence-electron chi connectivity index (χ0n) is 18.5. The topological polar surface area (TPSA) is 84.9 Å². The second-order valence-corrected chi connectivity index (χ2v) is 8.34. The third kappa shape index (κ3) is 5.32. The zero-order chi connectivity index (χ0) is 23.4. The van der Waals surface area contributed by atoms with Crippen LogP contribution >= 0.6 is 0 Å². The summed E-state index contributed by atoms with van der Waals surface area (Å²) in [5.41, 5.74) is 1.97. The Labute approximate surface area is 191 Å². The number of amides is 2. The Morgan fingerprint density at radius 1 is 1.18 bits per heavy atom. The Balaban J connectivity index is 1.43. The molecular formula is C25H27FN2O5. The highest BCUT2D eigenvalue weighted by atomic mass is 19.1. The van der Waals surface area contributed by atoms with Crippen molar-refractivity contribution in [2.45, 2.75) is 32.1 Å². The van der Waals surface area contributed by atoms with Gasteiger partial charge >= 0.3 is 5.97 Å². The van der Waals surface area contributed by atoms with E-state index < -0.39 is 0 Å². The molecule has 0 saturated carbocycles. The molecule has 0 aliphatic carbocycles. The van der Waals surface area contributed by atoms with Gasteiger partial charge in [0.1, 0.15) is 11.6 Å². The van der Waals surface area contributed by atoms with E-state index >= 15 is 0 Å². The van der Waals surface area contributed by atoms with Crippen molar-refractivity contribution in [2.75, 3.05) is 31.6 Å². The second kappa shape index (κ2) is 10.0. The van der Waals surface area contributed by atoms with Crippen molar-refractivity contribution < 1.29 is 28.2 Å². The number of halogens is 1. The molecule has 1 saturated heterocycles. The van der Waals surface area contributed by atoms with E-state index in [1.807, 2.05) is 0 Å². The second-order valence-electron chi connectivity index (χ2n) is 8.34. The SMILES string of the molecule is CCOC(=O)CC(c1ccc(F)cc1)C1CCN(C(=O)c2ccc3c(c2)OCC(=O)N3)CC1. The van der Waals surface area contributed by atoms with Crippen molar-refractivity contribution in [3.63, 3.8) is 0 Å². The molecular weight excluding hydrogens is 427 g/mol. The van der Waals surface area contributed by atoms with Crippen LogP contribution in [0.2, 0.25) is 0 Å². The minimum atomic E-state index is -0.317. The molecule has 2 amide bonds. The average molecular weight is 454 g/mol. The number of rotatable bonds is 6. The van der Waals surface area contributed by atoms with Gasteiger partial charge in [-0.2, -0.15) is 0 Å². The summed E-state index contributed by atoms with van der Waals surface area (Å²) >= 11 is 0. The van der Waals surface area contributed by atoms with E-state index in [9.17, 15) is 18.8 Å². The number of piperidine rings is 1. The number of esters is 1. The number of benzene rings is 2. The molecule has 1 atom stereocenters. The van der Waals surface area contributed by atoms with Crippen molar-refractivity contribution in [3.05, 3.63) is 59.4 Å². The lowest BCUT2D eigenvalue weighted by Gasteiger charge is -2.36. The summed E-state index contributed by atoms with van der Waals surface area (Å²) in [6.45, 7) is 3.13. The van der Waals surface area contributed by atoms with Gasteiger partial charge in [0.2, 0.25) is 0 Å².